The molecule has 0 aliphatic carbocycles. The zero-order valence-electron chi connectivity index (χ0n) is 16.6. The van der Waals surface area contributed by atoms with E-state index in [1.807, 2.05) is 4.90 Å². The molecule has 0 amide bonds. The molecule has 30 heavy (non-hydrogen) atoms. The quantitative estimate of drug-likeness (QED) is 0.438. The summed E-state index contributed by atoms with van der Waals surface area (Å²) in [5.74, 6) is 0.585. The van der Waals surface area contributed by atoms with Gasteiger partial charge in [-0.15, -0.1) is 0 Å². The molecule has 2 aliphatic heterocycles. The number of aliphatic hydroxyl groups excluding tert-OH is 1. The fourth-order valence-electron chi connectivity index (χ4n) is 3.86. The summed E-state index contributed by atoms with van der Waals surface area (Å²) in [6.45, 7) is 2.46. The molecule has 1 N–H and O–H groups in total. The van der Waals surface area contributed by atoms with Crippen LogP contribution in [0.5, 0.6) is 0 Å². The van der Waals surface area contributed by atoms with Gasteiger partial charge >= 0.3 is 0 Å². The molecule has 160 valence electrons. The van der Waals surface area contributed by atoms with E-state index in [0.717, 1.165) is 0 Å². The van der Waals surface area contributed by atoms with Crippen LogP contribution in [0.25, 0.3) is 0 Å². The van der Waals surface area contributed by atoms with E-state index < -0.39 is 9.84 Å². The minimum absolute atomic E-state index is 0.0593. The molecule has 2 aromatic rings. The Morgan fingerprint density at radius 1 is 1.03 bits per heavy atom. The fourth-order valence-corrected chi connectivity index (χ4v) is 5.45. The lowest BCUT2D eigenvalue weighted by Crippen LogP contribution is -2.58. The lowest BCUT2D eigenvalue weighted by atomic mass is 10.1. The van der Waals surface area contributed by atoms with Crippen molar-refractivity contribution >= 4 is 21.4 Å². The second kappa shape index (κ2) is 8.44. The zero-order chi connectivity index (χ0) is 21.2. The molecule has 4 rings (SSSR count). The number of quaternary nitrogens is 1. The first-order chi connectivity index (χ1) is 14.4. The maximum atomic E-state index is 13.2. The number of aliphatic imine (C=N–C) groups is 1. The van der Waals surface area contributed by atoms with Crippen LogP contribution in [0.4, 0.5) is 5.69 Å². The molecule has 2 aliphatic rings. The van der Waals surface area contributed by atoms with Gasteiger partial charge in [-0.25, -0.2) is 13.4 Å². The highest BCUT2D eigenvalue weighted by atomic mass is 32.2. The van der Waals surface area contributed by atoms with E-state index >= 15 is 0 Å². The van der Waals surface area contributed by atoms with E-state index in [9.17, 15) is 13.6 Å². The highest BCUT2D eigenvalue weighted by molar-refractivity contribution is 7.91. The van der Waals surface area contributed by atoms with Gasteiger partial charge in [0.15, 0.2) is 0 Å². The third kappa shape index (κ3) is 3.99. The van der Waals surface area contributed by atoms with Crippen LogP contribution in [-0.4, -0.2) is 81.5 Å². The topological polar surface area (TPSA) is 102 Å². The van der Waals surface area contributed by atoms with Crippen molar-refractivity contribution in [1.82, 2.24) is 4.90 Å². The highest BCUT2D eigenvalue weighted by Gasteiger charge is 2.33. The number of aliphatic hydroxyl groups is 1. The average molecular weight is 432 g/mol. The third-order valence-corrected chi connectivity index (χ3v) is 7.39. The van der Waals surface area contributed by atoms with E-state index in [0.29, 0.717) is 56.4 Å². The number of piperazine rings is 1. The van der Waals surface area contributed by atoms with Gasteiger partial charge in [-0.2, -0.15) is 0 Å². The van der Waals surface area contributed by atoms with Crippen molar-refractivity contribution in [2.75, 3.05) is 52.5 Å². The van der Waals surface area contributed by atoms with Crippen molar-refractivity contribution < 1.29 is 22.9 Å². The van der Waals surface area contributed by atoms with Gasteiger partial charge < -0.3 is 24.6 Å². The van der Waals surface area contributed by atoms with Crippen LogP contribution in [0.3, 0.4) is 0 Å². The van der Waals surface area contributed by atoms with Gasteiger partial charge in [-0.05, 0) is 24.3 Å². The molecule has 0 radical (unpaired) electrons. The van der Waals surface area contributed by atoms with E-state index in [2.05, 4.69) is 0 Å². The molecule has 8 nitrogen and oxygen atoms in total. The van der Waals surface area contributed by atoms with Crippen molar-refractivity contribution in [2.24, 2.45) is 4.99 Å². The summed E-state index contributed by atoms with van der Waals surface area (Å²) in [7, 11) is -3.69. The lowest BCUT2D eigenvalue weighted by Gasteiger charge is -2.48. The van der Waals surface area contributed by atoms with Crippen LogP contribution >= 0.6 is 0 Å². The Bertz CT molecular complexity index is 1050. The number of fused-ring (bicyclic) bond motifs is 2. The number of para-hydroxylation sites is 1. The van der Waals surface area contributed by atoms with E-state index in [4.69, 9.17) is 14.8 Å². The molecule has 0 spiro atoms. The molecule has 2 heterocycles. The van der Waals surface area contributed by atoms with Crippen molar-refractivity contribution in [3.63, 3.8) is 0 Å². The maximum Gasteiger partial charge on any atom is 0.209 e. The Kier molecular flexibility index (Phi) is 5.90. The predicted octanol–water partition coefficient (Wildman–Crippen LogP) is 1.55. The first kappa shape index (κ1) is 21.0. The standard InChI is InChI=1S/C21H25N3O5S/c25-14-16-29-15-13-24(26)11-9-23(10-12-24)21-17-5-1-3-7-19(17)30(27,28)20-8-4-2-6-18(20)22-21/h1-8,25H,9-16H2. The second-order valence-electron chi connectivity index (χ2n) is 7.45. The van der Waals surface area contributed by atoms with Gasteiger partial charge in [-0.1, -0.05) is 24.3 Å². The summed E-state index contributed by atoms with van der Waals surface area (Å²) < 4.78 is 31.4. The molecule has 0 atom stereocenters. The lowest BCUT2D eigenvalue weighted by molar-refractivity contribution is -0.884. The van der Waals surface area contributed by atoms with E-state index in [1.165, 1.54) is 0 Å². The van der Waals surface area contributed by atoms with Gasteiger partial charge in [0, 0.05) is 5.56 Å². The summed E-state index contributed by atoms with van der Waals surface area (Å²) in [6, 6.07) is 13.6. The Labute approximate surface area is 176 Å². The summed E-state index contributed by atoms with van der Waals surface area (Å²) in [4.78, 5) is 7.17. The van der Waals surface area contributed by atoms with Gasteiger partial charge in [0.05, 0.1) is 61.5 Å². The molecule has 0 bridgehead atoms. The SMILES string of the molecule is O=S1(=O)c2ccccc2N=C(N2CC[N+]([O-])(CCOCCO)CC2)c2ccccc21. The molecule has 0 saturated carbocycles. The number of hydrogen-bond donors (Lipinski definition) is 1. The minimum Gasteiger partial charge on any atom is -0.633 e. The third-order valence-electron chi connectivity index (χ3n) is 5.53. The predicted molar refractivity (Wildman–Crippen MR) is 112 cm³/mol. The molecule has 2 aromatic carbocycles. The minimum atomic E-state index is -3.69. The zero-order valence-corrected chi connectivity index (χ0v) is 17.4. The fraction of sp³-hybridized carbons (Fsp3) is 0.381. The second-order valence-corrected chi connectivity index (χ2v) is 9.34. The van der Waals surface area contributed by atoms with Crippen molar-refractivity contribution in [1.29, 1.82) is 0 Å². The summed E-state index contributed by atoms with van der Waals surface area (Å²) in [5, 5.41) is 21.7. The van der Waals surface area contributed by atoms with Gasteiger partial charge in [0.25, 0.3) is 0 Å². The van der Waals surface area contributed by atoms with Crippen LogP contribution in [0.1, 0.15) is 5.56 Å². The Balaban J connectivity index is 1.63. The number of sulfone groups is 1. The number of ether oxygens (including phenoxy) is 1. The van der Waals surface area contributed by atoms with Crippen LogP contribution in [0, 0.1) is 5.21 Å². The molecular formula is C21H25N3O5S. The van der Waals surface area contributed by atoms with Crippen LogP contribution in [0.15, 0.2) is 63.3 Å². The molecule has 0 unspecified atom stereocenters. The number of hydrogen-bond acceptors (Lipinski definition) is 7. The van der Waals surface area contributed by atoms with Crippen molar-refractivity contribution in [2.45, 2.75) is 9.79 Å². The largest absolute Gasteiger partial charge is 0.633 e. The normalized spacial score (nSPS) is 19.4. The molecule has 1 saturated heterocycles. The van der Waals surface area contributed by atoms with Crippen molar-refractivity contribution in [3.8, 4) is 0 Å². The van der Waals surface area contributed by atoms with Gasteiger partial charge in [0.1, 0.15) is 12.4 Å². The first-order valence-electron chi connectivity index (χ1n) is 9.97. The van der Waals surface area contributed by atoms with E-state index in [-0.39, 0.29) is 27.7 Å². The number of benzene rings is 2. The summed E-state index contributed by atoms with van der Waals surface area (Å²) in [6.07, 6.45) is 0. The van der Waals surface area contributed by atoms with Crippen LogP contribution in [0.2, 0.25) is 0 Å². The molecule has 9 heteroatoms. The van der Waals surface area contributed by atoms with Gasteiger partial charge in [-0.3, -0.25) is 0 Å². The number of hydroxylamine groups is 3. The van der Waals surface area contributed by atoms with Crippen LogP contribution < -0.4 is 0 Å². The van der Waals surface area contributed by atoms with Crippen molar-refractivity contribution in [3.05, 3.63) is 59.3 Å². The Morgan fingerprint density at radius 2 is 1.70 bits per heavy atom. The number of rotatable bonds is 5. The maximum absolute atomic E-state index is 13.2. The number of amidine groups is 1. The highest BCUT2D eigenvalue weighted by Crippen LogP contribution is 2.36. The molecule has 1 fully saturated rings. The van der Waals surface area contributed by atoms with E-state index in [1.54, 1.807) is 48.5 Å². The number of nitrogens with zero attached hydrogens (tertiary/aromatic N) is 3. The monoisotopic (exact) mass is 431 g/mol. The first-order valence-corrected chi connectivity index (χ1v) is 11.5. The van der Waals surface area contributed by atoms with Crippen LogP contribution in [-0.2, 0) is 14.6 Å². The van der Waals surface area contributed by atoms with Gasteiger partial charge in [0.2, 0.25) is 9.84 Å². The Hall–Kier alpha value is -2.30. The average Bonchev–Trinajstić information content (AvgIpc) is 2.85. The smallest absolute Gasteiger partial charge is 0.209 e. The summed E-state index contributed by atoms with van der Waals surface area (Å²) in [5.41, 5.74) is 0.973. The molecular weight excluding hydrogens is 406 g/mol. The summed E-state index contributed by atoms with van der Waals surface area (Å²) >= 11 is 0. The Morgan fingerprint density at radius 3 is 2.43 bits per heavy atom. The molecule has 0 aromatic heterocycles.